The molecule has 0 saturated carbocycles. The molecule has 5 rings (SSSR count). The molecular weight excluding hydrogens is 709 g/mol. The van der Waals surface area contributed by atoms with Crippen molar-refractivity contribution in [2.45, 2.75) is 62.4 Å². The fourth-order valence-electron chi connectivity index (χ4n) is 5.75. The average molecular weight is 739 g/mol. The van der Waals surface area contributed by atoms with Crippen LogP contribution < -0.4 is 10.5 Å². The molecule has 1 fully saturated rings. The van der Waals surface area contributed by atoms with Crippen molar-refractivity contribution in [3.8, 4) is 17.2 Å². The van der Waals surface area contributed by atoms with Crippen LogP contribution in [0.25, 0.3) is 0 Å². The number of aromatic hydroxyl groups is 2. The van der Waals surface area contributed by atoms with Crippen LogP contribution in [-0.4, -0.2) is 86.7 Å². The monoisotopic (exact) mass is 738 g/mol. The SMILES string of the molecule is COc1cccc2c1C(=O)c1c(O)c3c(c(O)c1C2=O)C[C@@](O)(C(=O)CO)C[C@@H]3OC1CC(N)C(O)C(C)O1.[Pt]. The Balaban J connectivity index is 0.00000370. The summed E-state index contributed by atoms with van der Waals surface area (Å²) in [6.45, 7) is 0.560. The van der Waals surface area contributed by atoms with E-state index in [0.29, 0.717) is 0 Å². The van der Waals surface area contributed by atoms with Gasteiger partial charge in [0.1, 0.15) is 29.5 Å². The Morgan fingerprint density at radius 3 is 2.45 bits per heavy atom. The van der Waals surface area contributed by atoms with Crippen LogP contribution in [0.1, 0.15) is 68.8 Å². The Hall–Kier alpha value is -2.70. The minimum absolute atomic E-state index is 0. The zero-order chi connectivity index (χ0) is 28.4. The van der Waals surface area contributed by atoms with Crippen LogP contribution in [-0.2, 0) is 41.8 Å². The van der Waals surface area contributed by atoms with Crippen molar-refractivity contribution in [1.82, 2.24) is 0 Å². The number of hydrogen-bond acceptors (Lipinski definition) is 12. The number of methoxy groups -OCH3 is 1. The number of fused-ring (bicyclic) bond motifs is 3. The molecule has 7 N–H and O–H groups in total. The molecule has 1 aliphatic heterocycles. The number of carbonyl (C=O) groups excluding carboxylic acids is 3. The molecule has 6 atom stereocenters. The molecule has 40 heavy (non-hydrogen) atoms. The van der Waals surface area contributed by atoms with E-state index in [2.05, 4.69) is 0 Å². The van der Waals surface area contributed by atoms with Crippen LogP contribution in [0.15, 0.2) is 18.2 Å². The van der Waals surface area contributed by atoms with Gasteiger partial charge in [0.05, 0.1) is 42.1 Å². The van der Waals surface area contributed by atoms with Gasteiger partial charge in [-0.1, -0.05) is 12.1 Å². The second kappa shape index (κ2) is 10.9. The predicted molar refractivity (Wildman–Crippen MR) is 132 cm³/mol. The van der Waals surface area contributed by atoms with Gasteiger partial charge in [0, 0.05) is 63.1 Å². The quantitative estimate of drug-likeness (QED) is 0.192. The molecule has 218 valence electrons. The predicted octanol–water partition coefficient (Wildman–Crippen LogP) is -0.00120. The van der Waals surface area contributed by atoms with Crippen LogP contribution in [0.3, 0.4) is 0 Å². The summed E-state index contributed by atoms with van der Waals surface area (Å²) in [4.78, 5) is 39.7. The van der Waals surface area contributed by atoms with Gasteiger partial charge in [0.15, 0.2) is 17.9 Å². The first-order valence-electron chi connectivity index (χ1n) is 12.4. The number of Topliss-reactive ketones (excluding diaryl/α,β-unsaturated/α-hetero) is 1. The van der Waals surface area contributed by atoms with Gasteiger partial charge in [-0.15, -0.1) is 0 Å². The number of ketones is 3. The van der Waals surface area contributed by atoms with E-state index in [9.17, 15) is 39.9 Å². The number of aliphatic hydroxyl groups excluding tert-OH is 2. The summed E-state index contributed by atoms with van der Waals surface area (Å²) in [6, 6.07) is 3.64. The third kappa shape index (κ3) is 4.57. The molecule has 0 radical (unpaired) electrons. The number of hydrogen-bond donors (Lipinski definition) is 6. The first-order chi connectivity index (χ1) is 18.4. The largest absolute Gasteiger partial charge is 0.507 e. The Morgan fingerprint density at radius 2 is 1.82 bits per heavy atom. The molecule has 0 aromatic heterocycles. The van der Waals surface area contributed by atoms with E-state index in [1.165, 1.54) is 25.3 Å². The van der Waals surface area contributed by atoms with Crippen molar-refractivity contribution in [2.24, 2.45) is 5.73 Å². The van der Waals surface area contributed by atoms with Gasteiger partial charge in [-0.3, -0.25) is 14.4 Å². The van der Waals surface area contributed by atoms with Crippen LogP contribution in [0.2, 0.25) is 0 Å². The maximum atomic E-state index is 13.6. The van der Waals surface area contributed by atoms with Crippen molar-refractivity contribution in [3.05, 3.63) is 51.6 Å². The Kier molecular flexibility index (Phi) is 8.28. The Bertz CT molecular complexity index is 1380. The van der Waals surface area contributed by atoms with E-state index in [1.54, 1.807) is 6.92 Å². The zero-order valence-electron chi connectivity index (χ0n) is 21.5. The molecule has 3 aliphatic rings. The molecule has 2 aliphatic carbocycles. The molecule has 12 nitrogen and oxygen atoms in total. The molecule has 0 bridgehead atoms. The summed E-state index contributed by atoms with van der Waals surface area (Å²) in [7, 11) is 1.32. The fraction of sp³-hybridized carbons (Fsp3) is 0.444. The van der Waals surface area contributed by atoms with Crippen LogP contribution >= 0.6 is 0 Å². The standard InChI is InChI=1S/C27H29NO11.Pt/c1-10-22(31)13(28)6-17(38-10)39-15-8-27(36,16(30)9-29)7-12-19(15)26(35)21-20(24(12)33)23(32)11-4-3-5-14(37-2)18(11)25(21)34;/h3-5,10,13,15,17,22,29,31,33,35-36H,6-9,28H2,1-2H3;/t10?,13?,15-,17?,22?,27-;/m0./s1. The molecule has 1 saturated heterocycles. The normalized spacial score (nSPS) is 29.1. The smallest absolute Gasteiger partial charge is 0.202 e. The van der Waals surface area contributed by atoms with E-state index in [0.717, 1.165) is 0 Å². The molecule has 13 heteroatoms. The van der Waals surface area contributed by atoms with Gasteiger partial charge in [0.2, 0.25) is 5.78 Å². The molecule has 4 unspecified atom stereocenters. The molecule has 2 aromatic rings. The van der Waals surface area contributed by atoms with Crippen molar-refractivity contribution in [1.29, 1.82) is 0 Å². The van der Waals surface area contributed by atoms with Crippen LogP contribution in [0, 0.1) is 0 Å². The van der Waals surface area contributed by atoms with Crippen molar-refractivity contribution >= 4 is 17.3 Å². The van der Waals surface area contributed by atoms with E-state index in [1.807, 2.05) is 0 Å². The number of phenolic OH excluding ortho intramolecular Hbond substituents is 2. The molecule has 0 amide bonds. The number of aliphatic hydroxyl groups is 3. The molecule has 0 spiro atoms. The van der Waals surface area contributed by atoms with E-state index < -0.39 is 95.7 Å². The Morgan fingerprint density at radius 1 is 1.15 bits per heavy atom. The molecular formula is C27H29NO11Pt. The maximum absolute atomic E-state index is 13.6. The van der Waals surface area contributed by atoms with Crippen molar-refractivity contribution in [3.63, 3.8) is 0 Å². The van der Waals surface area contributed by atoms with Gasteiger partial charge in [-0.2, -0.15) is 0 Å². The summed E-state index contributed by atoms with van der Waals surface area (Å²) >= 11 is 0. The number of ether oxygens (including phenoxy) is 3. The van der Waals surface area contributed by atoms with E-state index in [4.69, 9.17) is 19.9 Å². The maximum Gasteiger partial charge on any atom is 0.202 e. The summed E-state index contributed by atoms with van der Waals surface area (Å²) in [6.07, 6.45) is -5.12. The molecule has 2 aromatic carbocycles. The summed E-state index contributed by atoms with van der Waals surface area (Å²) in [5.74, 6) is -3.77. The zero-order valence-corrected chi connectivity index (χ0v) is 23.8. The number of rotatable bonds is 5. The molecule has 1 heterocycles. The number of carbonyl (C=O) groups is 3. The number of benzene rings is 2. The van der Waals surface area contributed by atoms with Crippen molar-refractivity contribution in [2.75, 3.05) is 13.7 Å². The first kappa shape index (κ1) is 30.3. The van der Waals surface area contributed by atoms with E-state index in [-0.39, 0.29) is 55.5 Å². The van der Waals surface area contributed by atoms with Gasteiger partial charge in [-0.25, -0.2) is 0 Å². The number of nitrogens with two attached hydrogens (primary N) is 1. The average Bonchev–Trinajstić information content (AvgIpc) is 2.90. The third-order valence-electron chi connectivity index (χ3n) is 7.81. The minimum atomic E-state index is -2.24. The summed E-state index contributed by atoms with van der Waals surface area (Å²) < 4.78 is 17.0. The van der Waals surface area contributed by atoms with Gasteiger partial charge in [-0.05, 0) is 13.0 Å². The van der Waals surface area contributed by atoms with Gasteiger partial charge < -0.3 is 45.5 Å². The van der Waals surface area contributed by atoms with E-state index >= 15 is 0 Å². The van der Waals surface area contributed by atoms with Gasteiger partial charge >= 0.3 is 0 Å². The summed E-state index contributed by atoms with van der Waals surface area (Å²) in [5, 5.41) is 53.7. The third-order valence-corrected chi connectivity index (χ3v) is 7.81. The summed E-state index contributed by atoms with van der Waals surface area (Å²) in [5.41, 5.74) is 2.37. The van der Waals surface area contributed by atoms with Crippen LogP contribution in [0.4, 0.5) is 0 Å². The Labute approximate surface area is 242 Å². The second-order valence-electron chi connectivity index (χ2n) is 10.2. The van der Waals surface area contributed by atoms with Gasteiger partial charge in [0.25, 0.3) is 0 Å². The minimum Gasteiger partial charge on any atom is -0.507 e. The first-order valence-corrected chi connectivity index (χ1v) is 12.4. The number of phenols is 2. The fourth-order valence-corrected chi connectivity index (χ4v) is 5.75. The second-order valence-corrected chi connectivity index (χ2v) is 10.2. The van der Waals surface area contributed by atoms with Crippen LogP contribution in [0.5, 0.6) is 17.2 Å². The topological polar surface area (TPSA) is 206 Å². The van der Waals surface area contributed by atoms with Crippen molar-refractivity contribution < 1.29 is 75.2 Å².